The highest BCUT2D eigenvalue weighted by Crippen LogP contribution is 2.31. The van der Waals surface area contributed by atoms with Gasteiger partial charge in [-0.3, -0.25) is 9.48 Å². The standard InChI is InChI=1S/C22H28N4O/c1-13(2)26-16(5)21(15(4)24-26)19-11-14(3)18-10-8-9-17(22(18)23-19)12-20(27)25(6)7/h8-11,13H,12H2,1-7H3. The summed E-state index contributed by atoms with van der Waals surface area (Å²) in [6.07, 6.45) is 0.351. The number of fused-ring (bicyclic) bond motifs is 1. The van der Waals surface area contributed by atoms with E-state index < -0.39 is 0 Å². The van der Waals surface area contributed by atoms with E-state index in [0.29, 0.717) is 12.5 Å². The minimum Gasteiger partial charge on any atom is -0.349 e. The molecule has 0 spiro atoms. The monoisotopic (exact) mass is 364 g/mol. The van der Waals surface area contributed by atoms with Gasteiger partial charge >= 0.3 is 0 Å². The second-order valence-electron chi connectivity index (χ2n) is 7.69. The molecular formula is C22H28N4O. The summed E-state index contributed by atoms with van der Waals surface area (Å²) >= 11 is 0. The topological polar surface area (TPSA) is 51.0 Å². The summed E-state index contributed by atoms with van der Waals surface area (Å²) in [7, 11) is 3.56. The molecule has 0 atom stereocenters. The van der Waals surface area contributed by atoms with Gasteiger partial charge in [0.1, 0.15) is 0 Å². The van der Waals surface area contributed by atoms with Gasteiger partial charge in [-0.2, -0.15) is 5.10 Å². The van der Waals surface area contributed by atoms with Crippen LogP contribution in [0.1, 0.15) is 42.4 Å². The molecule has 1 aromatic carbocycles. The lowest BCUT2D eigenvalue weighted by atomic mass is 10.00. The SMILES string of the molecule is Cc1nn(C(C)C)c(C)c1-c1cc(C)c2cccc(CC(=O)N(C)C)c2n1. The number of para-hydroxylation sites is 1. The van der Waals surface area contributed by atoms with Gasteiger partial charge in [-0.05, 0) is 51.8 Å². The number of hydrogen-bond acceptors (Lipinski definition) is 3. The van der Waals surface area contributed by atoms with Crippen molar-refractivity contribution in [3.63, 3.8) is 0 Å². The number of aromatic nitrogens is 3. The number of rotatable bonds is 4. The van der Waals surface area contributed by atoms with Gasteiger partial charge in [0.05, 0.1) is 23.3 Å². The highest BCUT2D eigenvalue weighted by Gasteiger charge is 2.18. The van der Waals surface area contributed by atoms with Gasteiger partial charge in [0, 0.05) is 36.8 Å². The number of benzene rings is 1. The van der Waals surface area contributed by atoms with Crippen LogP contribution in [0.3, 0.4) is 0 Å². The van der Waals surface area contributed by atoms with Crippen LogP contribution in [-0.4, -0.2) is 39.7 Å². The van der Waals surface area contributed by atoms with Gasteiger partial charge in [0.2, 0.25) is 5.91 Å². The van der Waals surface area contributed by atoms with Crippen molar-refractivity contribution in [2.75, 3.05) is 14.1 Å². The van der Waals surface area contributed by atoms with Crippen molar-refractivity contribution in [1.82, 2.24) is 19.7 Å². The molecule has 0 aliphatic rings. The molecule has 27 heavy (non-hydrogen) atoms. The Labute approximate surface area is 161 Å². The molecule has 5 nitrogen and oxygen atoms in total. The van der Waals surface area contributed by atoms with Crippen LogP contribution in [0.15, 0.2) is 24.3 Å². The highest BCUT2D eigenvalue weighted by atomic mass is 16.2. The molecule has 0 aliphatic heterocycles. The van der Waals surface area contributed by atoms with E-state index >= 15 is 0 Å². The van der Waals surface area contributed by atoms with Crippen LogP contribution in [0.2, 0.25) is 0 Å². The Bertz CT molecular complexity index is 1010. The molecule has 142 valence electrons. The van der Waals surface area contributed by atoms with Crippen molar-refractivity contribution >= 4 is 16.8 Å². The molecule has 3 rings (SSSR count). The molecule has 0 bridgehead atoms. The van der Waals surface area contributed by atoms with E-state index in [9.17, 15) is 4.79 Å². The molecule has 2 aromatic heterocycles. The first kappa shape index (κ1) is 19.1. The summed E-state index contributed by atoms with van der Waals surface area (Å²) in [5.41, 5.74) is 7.13. The minimum atomic E-state index is 0.0762. The third-order valence-corrected chi connectivity index (χ3v) is 5.04. The maximum atomic E-state index is 12.3. The molecule has 0 saturated heterocycles. The van der Waals surface area contributed by atoms with Crippen molar-refractivity contribution in [3.05, 3.63) is 46.8 Å². The van der Waals surface area contributed by atoms with E-state index in [2.05, 4.69) is 39.8 Å². The number of carbonyl (C=O) groups is 1. The number of hydrogen-bond donors (Lipinski definition) is 0. The van der Waals surface area contributed by atoms with E-state index in [1.807, 2.05) is 23.7 Å². The van der Waals surface area contributed by atoms with Crippen molar-refractivity contribution < 1.29 is 4.79 Å². The number of aryl methyl sites for hydroxylation is 2. The first-order valence-corrected chi connectivity index (χ1v) is 9.36. The lowest BCUT2D eigenvalue weighted by molar-refractivity contribution is -0.127. The molecule has 0 radical (unpaired) electrons. The maximum absolute atomic E-state index is 12.3. The van der Waals surface area contributed by atoms with E-state index in [-0.39, 0.29) is 5.91 Å². The third-order valence-electron chi connectivity index (χ3n) is 5.04. The van der Waals surface area contributed by atoms with Crippen LogP contribution in [0.4, 0.5) is 0 Å². The fraction of sp³-hybridized carbons (Fsp3) is 0.409. The van der Waals surface area contributed by atoms with Gasteiger partial charge in [-0.25, -0.2) is 4.98 Å². The molecule has 0 fully saturated rings. The number of amides is 1. The van der Waals surface area contributed by atoms with Gasteiger partial charge in [-0.15, -0.1) is 0 Å². The Hall–Kier alpha value is -2.69. The Morgan fingerprint density at radius 2 is 1.89 bits per heavy atom. The van der Waals surface area contributed by atoms with E-state index in [4.69, 9.17) is 10.1 Å². The van der Waals surface area contributed by atoms with Gasteiger partial charge in [-0.1, -0.05) is 18.2 Å². The predicted molar refractivity (Wildman–Crippen MR) is 110 cm³/mol. The maximum Gasteiger partial charge on any atom is 0.226 e. The summed E-state index contributed by atoms with van der Waals surface area (Å²) < 4.78 is 2.05. The third kappa shape index (κ3) is 3.46. The van der Waals surface area contributed by atoms with E-state index in [0.717, 1.165) is 44.7 Å². The second-order valence-corrected chi connectivity index (χ2v) is 7.69. The van der Waals surface area contributed by atoms with Crippen LogP contribution in [0, 0.1) is 20.8 Å². The van der Waals surface area contributed by atoms with Crippen LogP contribution in [-0.2, 0) is 11.2 Å². The zero-order chi connectivity index (χ0) is 19.9. The molecule has 2 heterocycles. The van der Waals surface area contributed by atoms with Gasteiger partial charge < -0.3 is 4.90 Å². The Balaban J connectivity index is 2.21. The number of pyridine rings is 1. The van der Waals surface area contributed by atoms with Crippen molar-refractivity contribution in [1.29, 1.82) is 0 Å². The zero-order valence-corrected chi connectivity index (χ0v) is 17.3. The van der Waals surface area contributed by atoms with Crippen LogP contribution in [0.5, 0.6) is 0 Å². The Morgan fingerprint density at radius 1 is 1.19 bits per heavy atom. The smallest absolute Gasteiger partial charge is 0.226 e. The summed E-state index contributed by atoms with van der Waals surface area (Å²) in [4.78, 5) is 18.9. The second kappa shape index (κ2) is 7.14. The first-order chi connectivity index (χ1) is 12.7. The van der Waals surface area contributed by atoms with Crippen molar-refractivity contribution in [2.45, 2.75) is 47.1 Å². The summed E-state index contributed by atoms with van der Waals surface area (Å²) in [5.74, 6) is 0.0762. The lowest BCUT2D eigenvalue weighted by Crippen LogP contribution is -2.23. The Kier molecular flexibility index (Phi) is 5.05. The number of carbonyl (C=O) groups excluding carboxylic acids is 1. The van der Waals surface area contributed by atoms with Crippen molar-refractivity contribution in [2.24, 2.45) is 0 Å². The predicted octanol–water partition coefficient (Wildman–Crippen LogP) is 4.24. The quantitative estimate of drug-likeness (QED) is 0.696. The molecule has 0 unspecified atom stereocenters. The number of likely N-dealkylation sites (N-methyl/N-ethyl adjacent to an activating group) is 1. The fourth-order valence-electron chi connectivity index (χ4n) is 3.61. The molecule has 0 aliphatic carbocycles. The van der Waals surface area contributed by atoms with Crippen LogP contribution < -0.4 is 0 Å². The summed E-state index contributed by atoms with van der Waals surface area (Å²) in [6.45, 7) is 10.5. The molecule has 5 heteroatoms. The fourth-order valence-corrected chi connectivity index (χ4v) is 3.61. The molecule has 1 amide bonds. The summed E-state index contributed by atoms with van der Waals surface area (Å²) in [5, 5.41) is 5.80. The van der Waals surface area contributed by atoms with Crippen molar-refractivity contribution in [3.8, 4) is 11.3 Å². The normalized spacial score (nSPS) is 11.4. The summed E-state index contributed by atoms with van der Waals surface area (Å²) in [6, 6.07) is 8.50. The van der Waals surface area contributed by atoms with Gasteiger partial charge in [0.25, 0.3) is 0 Å². The molecule has 3 aromatic rings. The van der Waals surface area contributed by atoms with Crippen LogP contribution >= 0.6 is 0 Å². The average Bonchev–Trinajstić information content (AvgIpc) is 2.90. The minimum absolute atomic E-state index is 0.0762. The number of nitrogens with zero attached hydrogens (tertiary/aromatic N) is 4. The largest absolute Gasteiger partial charge is 0.349 e. The first-order valence-electron chi connectivity index (χ1n) is 9.36. The van der Waals surface area contributed by atoms with Gasteiger partial charge in [0.15, 0.2) is 0 Å². The van der Waals surface area contributed by atoms with Crippen LogP contribution in [0.25, 0.3) is 22.2 Å². The van der Waals surface area contributed by atoms with E-state index in [1.165, 1.54) is 0 Å². The zero-order valence-electron chi connectivity index (χ0n) is 17.3. The molecular weight excluding hydrogens is 336 g/mol. The molecule has 0 N–H and O–H groups in total. The highest BCUT2D eigenvalue weighted by molar-refractivity contribution is 5.91. The Morgan fingerprint density at radius 3 is 2.48 bits per heavy atom. The average molecular weight is 364 g/mol. The van der Waals surface area contributed by atoms with E-state index in [1.54, 1.807) is 19.0 Å². The lowest BCUT2D eigenvalue weighted by Gasteiger charge is -2.14. The molecule has 0 saturated carbocycles.